The molecule has 1 unspecified atom stereocenters. The average molecular weight is 516 g/mol. The van der Waals surface area contributed by atoms with Crippen molar-refractivity contribution in [2.24, 2.45) is 5.16 Å². The number of hydrogen-bond acceptors (Lipinski definition) is 11. The molecule has 14 heteroatoms. The molecule has 4 heterocycles. The van der Waals surface area contributed by atoms with E-state index in [4.69, 9.17) is 10.6 Å². The smallest absolute Gasteiger partial charge is 0.278 e. The minimum atomic E-state index is -1.44. The Labute approximate surface area is 208 Å². The van der Waals surface area contributed by atoms with Crippen molar-refractivity contribution >= 4 is 52.8 Å². The van der Waals surface area contributed by atoms with Crippen molar-refractivity contribution in [2.45, 2.75) is 18.0 Å². The molecule has 0 saturated carbocycles. The first kappa shape index (κ1) is 24.5. The maximum Gasteiger partial charge on any atom is 0.278 e. The number of carbonyl (C=O) groups excluding carboxylic acids is 3. The number of amides is 2. The first-order valence-electron chi connectivity index (χ1n) is 10.3. The minimum Gasteiger partial charge on any atom is -0.543 e. The van der Waals surface area contributed by atoms with Crippen LogP contribution in [0.3, 0.4) is 0 Å². The number of nitrogens with two attached hydrogens (primary N) is 1. The second-order valence-electron chi connectivity index (χ2n) is 7.43. The fraction of sp³-hybridized carbons (Fsp3) is 0.286. The molecule has 1 fully saturated rings. The van der Waals surface area contributed by atoms with Crippen LogP contribution in [-0.2, 0) is 25.8 Å². The van der Waals surface area contributed by atoms with Crippen molar-refractivity contribution in [1.82, 2.24) is 20.2 Å². The molecule has 3 N–H and O–H groups in total. The van der Waals surface area contributed by atoms with E-state index in [1.165, 1.54) is 35.8 Å². The van der Waals surface area contributed by atoms with Crippen LogP contribution in [0.4, 0.5) is 5.82 Å². The van der Waals surface area contributed by atoms with Crippen LogP contribution in [-0.4, -0.2) is 67.7 Å². The van der Waals surface area contributed by atoms with E-state index in [0.29, 0.717) is 17.9 Å². The number of fused-ring (bicyclic) bond motifs is 1. The van der Waals surface area contributed by atoms with Gasteiger partial charge in [0.2, 0.25) is 5.71 Å². The molecule has 35 heavy (non-hydrogen) atoms. The molecule has 2 amide bonds. The molecule has 2 aliphatic heterocycles. The van der Waals surface area contributed by atoms with Gasteiger partial charge < -0.3 is 25.8 Å². The molecule has 0 bridgehead atoms. The number of aliphatic carboxylic acids is 1. The number of nitrogen functional groups attached to an aromatic ring is 1. The highest BCUT2D eigenvalue weighted by Gasteiger charge is 2.53. The van der Waals surface area contributed by atoms with Crippen LogP contribution in [0.15, 0.2) is 59.3 Å². The fourth-order valence-corrected chi connectivity index (χ4v) is 5.07. The van der Waals surface area contributed by atoms with Crippen LogP contribution in [0, 0.1) is 0 Å². The van der Waals surface area contributed by atoms with Gasteiger partial charge in [0.05, 0.1) is 11.7 Å². The second-order valence-corrected chi connectivity index (χ2v) is 9.35. The number of nitrogens with one attached hydrogen (secondary N) is 1. The Kier molecular flexibility index (Phi) is 7.51. The number of thioether (sulfide) groups is 2. The number of aromatic nitrogens is 3. The zero-order valence-electron chi connectivity index (χ0n) is 18.5. The van der Waals surface area contributed by atoms with Gasteiger partial charge in [-0.2, -0.15) is 0 Å². The zero-order valence-corrected chi connectivity index (χ0v) is 20.1. The third-order valence-electron chi connectivity index (χ3n) is 5.11. The summed E-state index contributed by atoms with van der Waals surface area (Å²) in [4.78, 5) is 52.2. The number of rotatable bonds is 9. The third-order valence-corrected chi connectivity index (χ3v) is 6.79. The summed E-state index contributed by atoms with van der Waals surface area (Å²) in [5, 5.41) is 17.8. The Morgan fingerprint density at radius 2 is 2.17 bits per heavy atom. The van der Waals surface area contributed by atoms with Crippen LogP contribution in [0.2, 0.25) is 0 Å². The molecule has 12 nitrogen and oxygen atoms in total. The second kappa shape index (κ2) is 10.7. The molecule has 0 radical (unpaired) electrons. The number of anilines is 1. The number of carboxylic acids is 1. The number of pyridine rings is 1. The summed E-state index contributed by atoms with van der Waals surface area (Å²) in [7, 11) is 0. The highest BCUT2D eigenvalue weighted by Crippen LogP contribution is 2.40. The lowest BCUT2D eigenvalue weighted by Crippen LogP contribution is -2.71. The highest BCUT2D eigenvalue weighted by atomic mass is 32.2. The Balaban J connectivity index is 1.53. The quantitative estimate of drug-likeness (QED) is 0.100. The van der Waals surface area contributed by atoms with E-state index < -0.39 is 29.2 Å². The van der Waals surface area contributed by atoms with Gasteiger partial charge in [-0.25, -0.2) is 14.5 Å². The molecule has 2 aliphatic rings. The van der Waals surface area contributed by atoms with Gasteiger partial charge in [-0.3, -0.25) is 14.5 Å². The Morgan fingerprint density at radius 1 is 1.40 bits per heavy atom. The van der Waals surface area contributed by atoms with Gasteiger partial charge in [-0.05, 0) is 12.3 Å². The molecule has 182 valence electrons. The normalized spacial score (nSPS) is 19.6. The first-order valence-corrected chi connectivity index (χ1v) is 12.8. The molecule has 0 aromatic carbocycles. The van der Waals surface area contributed by atoms with Gasteiger partial charge in [0.25, 0.3) is 11.8 Å². The van der Waals surface area contributed by atoms with E-state index in [0.717, 1.165) is 4.90 Å². The van der Waals surface area contributed by atoms with Crippen LogP contribution in [0.1, 0.15) is 5.82 Å². The summed E-state index contributed by atoms with van der Waals surface area (Å²) in [5.74, 6) is -2.18. The van der Waals surface area contributed by atoms with E-state index in [2.05, 4.69) is 20.4 Å². The lowest BCUT2D eigenvalue weighted by atomic mass is 10.0. The van der Waals surface area contributed by atoms with E-state index in [9.17, 15) is 19.5 Å². The summed E-state index contributed by atoms with van der Waals surface area (Å²) in [6, 6.07) is 5.97. The molecule has 2 atom stereocenters. The van der Waals surface area contributed by atoms with Crippen LogP contribution < -0.4 is 20.7 Å². The molecule has 0 spiro atoms. The predicted octanol–water partition coefficient (Wildman–Crippen LogP) is -1.51. The average Bonchev–Trinajstić information content (AvgIpc) is 2.85. The SMILES string of the molecule is CSCO/N=C(\C(=O)NC1C(=O)N2C(C(=O)[O-])=C(C[n+]3ccccc3)CS[C@H]12)c1nccc(N)n1. The summed E-state index contributed by atoms with van der Waals surface area (Å²) in [6.07, 6.45) is 6.76. The summed E-state index contributed by atoms with van der Waals surface area (Å²) in [6.45, 7) is 0.293. The number of oxime groups is 1. The Hall–Kier alpha value is -3.65. The van der Waals surface area contributed by atoms with Gasteiger partial charge in [-0.15, -0.1) is 23.5 Å². The fourth-order valence-electron chi connectivity index (χ4n) is 3.58. The molecule has 2 aromatic heterocycles. The maximum absolute atomic E-state index is 13.0. The van der Waals surface area contributed by atoms with Gasteiger partial charge >= 0.3 is 0 Å². The lowest BCUT2D eigenvalue weighted by molar-refractivity contribution is -0.689. The van der Waals surface area contributed by atoms with Gasteiger partial charge in [0.1, 0.15) is 17.2 Å². The van der Waals surface area contributed by atoms with Crippen molar-refractivity contribution in [3.8, 4) is 0 Å². The van der Waals surface area contributed by atoms with Gasteiger partial charge in [-0.1, -0.05) is 11.2 Å². The summed E-state index contributed by atoms with van der Waals surface area (Å²) < 4.78 is 1.81. The number of β-lactam (4-membered cyclic amide) rings is 1. The Bertz CT molecular complexity index is 1210. The molecule has 4 rings (SSSR count). The number of carboxylic acid groups (broad SMARTS) is 1. The van der Waals surface area contributed by atoms with E-state index >= 15 is 0 Å². The number of hydrogen-bond donors (Lipinski definition) is 2. The monoisotopic (exact) mass is 515 g/mol. The van der Waals surface area contributed by atoms with E-state index in [-0.39, 0.29) is 29.0 Å². The molecule has 1 saturated heterocycles. The molecule has 2 aromatic rings. The van der Waals surface area contributed by atoms with E-state index in [1.807, 2.05) is 22.8 Å². The zero-order chi connectivity index (χ0) is 24.9. The van der Waals surface area contributed by atoms with Crippen LogP contribution in [0.5, 0.6) is 0 Å². The highest BCUT2D eigenvalue weighted by molar-refractivity contribution is 8.00. The van der Waals surface area contributed by atoms with Gasteiger partial charge in [0, 0.05) is 29.7 Å². The van der Waals surface area contributed by atoms with Crippen molar-refractivity contribution in [3.63, 3.8) is 0 Å². The van der Waals surface area contributed by atoms with E-state index in [1.54, 1.807) is 18.6 Å². The summed E-state index contributed by atoms with van der Waals surface area (Å²) in [5.41, 5.74) is 5.82. The lowest BCUT2D eigenvalue weighted by Gasteiger charge is -2.50. The number of carbonyl (C=O) groups is 3. The first-order chi connectivity index (χ1) is 16.9. The van der Waals surface area contributed by atoms with Gasteiger partial charge in [0.15, 0.2) is 30.7 Å². The molecular formula is C21H21N7O5S2. The summed E-state index contributed by atoms with van der Waals surface area (Å²) >= 11 is 2.69. The standard InChI is InChI=1S/C21H21N7O5S2/c1-34-11-33-26-14(17-23-6-5-13(22)24-17)18(29)25-15-19(30)28-16(21(31)32)12(10-35-20(15)28)9-27-7-3-2-4-8-27/h2-8,15,20H,9-11H2,1H3,(H3-,22,23,24,25,29,31,32)/b26-14-/t15?,20-/m1/s1. The molecule has 0 aliphatic carbocycles. The maximum atomic E-state index is 13.0. The Morgan fingerprint density at radius 3 is 2.86 bits per heavy atom. The number of nitrogens with zero attached hydrogens (tertiary/aromatic N) is 5. The largest absolute Gasteiger partial charge is 0.543 e. The van der Waals surface area contributed by atoms with Crippen molar-refractivity contribution in [3.05, 3.63) is 60.0 Å². The molecular weight excluding hydrogens is 494 g/mol. The van der Waals surface area contributed by atoms with Crippen molar-refractivity contribution < 1.29 is 28.9 Å². The third kappa shape index (κ3) is 5.22. The predicted molar refractivity (Wildman–Crippen MR) is 126 cm³/mol. The van der Waals surface area contributed by atoms with Crippen molar-refractivity contribution in [1.29, 1.82) is 0 Å². The van der Waals surface area contributed by atoms with Crippen molar-refractivity contribution in [2.75, 3.05) is 23.7 Å². The minimum absolute atomic E-state index is 0.0685. The topological polar surface area (TPSA) is 167 Å². The van der Waals surface area contributed by atoms with Crippen LogP contribution >= 0.6 is 23.5 Å². The van der Waals surface area contributed by atoms with Crippen LogP contribution in [0.25, 0.3) is 0 Å².